The van der Waals surface area contributed by atoms with E-state index in [1.165, 1.54) is 17.8 Å². The molecule has 0 radical (unpaired) electrons. The maximum absolute atomic E-state index is 13.7. The fraction of sp³-hybridized carbons (Fsp3) is 0.250. The van der Waals surface area contributed by atoms with E-state index in [0.717, 1.165) is 10.5 Å². The van der Waals surface area contributed by atoms with Crippen LogP contribution in [0.3, 0.4) is 0 Å². The highest BCUT2D eigenvalue weighted by Crippen LogP contribution is 2.38. The smallest absolute Gasteiger partial charge is 0.320 e. The molecule has 0 aliphatic carbocycles. The average molecular weight is 384 g/mol. The fourth-order valence-corrected chi connectivity index (χ4v) is 4.04. The van der Waals surface area contributed by atoms with Gasteiger partial charge in [0.15, 0.2) is 6.10 Å². The Morgan fingerprint density at radius 2 is 2.15 bits per heavy atom. The van der Waals surface area contributed by atoms with Crippen molar-refractivity contribution in [3.8, 4) is 11.4 Å². The normalized spacial score (nSPS) is 16.8. The molecule has 0 spiro atoms. The van der Waals surface area contributed by atoms with Gasteiger partial charge in [-0.25, -0.2) is 4.39 Å². The van der Waals surface area contributed by atoms with Crippen molar-refractivity contribution in [2.75, 3.05) is 0 Å². The van der Waals surface area contributed by atoms with Crippen molar-refractivity contribution in [1.29, 1.82) is 0 Å². The van der Waals surface area contributed by atoms with Gasteiger partial charge in [-0.2, -0.15) is 4.98 Å². The van der Waals surface area contributed by atoms with E-state index in [1.54, 1.807) is 26.0 Å². The predicted molar refractivity (Wildman–Crippen MR) is 98.7 cm³/mol. The lowest BCUT2D eigenvalue weighted by Crippen LogP contribution is -2.21. The van der Waals surface area contributed by atoms with Gasteiger partial charge >= 0.3 is 5.97 Å². The van der Waals surface area contributed by atoms with Crippen molar-refractivity contribution in [2.45, 2.75) is 36.5 Å². The number of rotatable bonds is 4. The summed E-state index contributed by atoms with van der Waals surface area (Å²) in [6, 6.07) is 12.7. The van der Waals surface area contributed by atoms with E-state index in [9.17, 15) is 9.18 Å². The number of aryl methyl sites for hydroxylation is 1. The lowest BCUT2D eigenvalue weighted by atomic mass is 10.1. The van der Waals surface area contributed by atoms with Gasteiger partial charge in [-0.1, -0.05) is 35.5 Å². The van der Waals surface area contributed by atoms with Crippen LogP contribution in [0.2, 0.25) is 0 Å². The van der Waals surface area contributed by atoms with Crippen LogP contribution in [-0.2, 0) is 16.0 Å². The Hall–Kier alpha value is -2.67. The van der Waals surface area contributed by atoms with Gasteiger partial charge in [-0.3, -0.25) is 4.79 Å². The summed E-state index contributed by atoms with van der Waals surface area (Å²) in [5, 5.41) is 3.59. The van der Waals surface area contributed by atoms with E-state index in [4.69, 9.17) is 9.26 Å². The summed E-state index contributed by atoms with van der Waals surface area (Å²) >= 11 is 1.50. The summed E-state index contributed by atoms with van der Waals surface area (Å²) in [4.78, 5) is 17.8. The molecular formula is C20H17FN2O3S. The molecule has 2 atom stereocenters. The molecule has 7 heteroatoms. The molecular weight excluding hydrogens is 367 g/mol. The van der Waals surface area contributed by atoms with Crippen LogP contribution in [0.15, 0.2) is 51.9 Å². The maximum Gasteiger partial charge on any atom is 0.320 e. The van der Waals surface area contributed by atoms with Crippen LogP contribution in [0.25, 0.3) is 11.4 Å². The van der Waals surface area contributed by atoms with E-state index < -0.39 is 6.10 Å². The number of carbonyl (C=O) groups excluding carboxylic acids is 1. The second kappa shape index (κ2) is 7.15. The first-order chi connectivity index (χ1) is 13.0. The summed E-state index contributed by atoms with van der Waals surface area (Å²) in [7, 11) is 0. The topological polar surface area (TPSA) is 65.2 Å². The van der Waals surface area contributed by atoms with Gasteiger partial charge in [0.05, 0.1) is 0 Å². The van der Waals surface area contributed by atoms with Crippen molar-refractivity contribution in [3.05, 3.63) is 65.3 Å². The Kier molecular flexibility index (Phi) is 4.70. The van der Waals surface area contributed by atoms with Gasteiger partial charge in [0.2, 0.25) is 5.82 Å². The number of ether oxygens (including phenoxy) is 1. The van der Waals surface area contributed by atoms with Crippen molar-refractivity contribution >= 4 is 17.7 Å². The molecule has 4 rings (SSSR count). The Bertz CT molecular complexity index is 979. The lowest BCUT2D eigenvalue weighted by Gasteiger charge is -2.12. The van der Waals surface area contributed by atoms with E-state index in [0.29, 0.717) is 17.5 Å². The number of aromatic nitrogens is 2. The molecule has 138 valence electrons. The zero-order chi connectivity index (χ0) is 19.0. The zero-order valence-corrected chi connectivity index (χ0v) is 15.6. The van der Waals surface area contributed by atoms with Gasteiger partial charge < -0.3 is 9.26 Å². The molecule has 3 aromatic rings. The Morgan fingerprint density at radius 1 is 1.33 bits per heavy atom. The second-order valence-corrected chi connectivity index (χ2v) is 7.66. The van der Waals surface area contributed by atoms with Gasteiger partial charge in [0.1, 0.15) is 11.1 Å². The van der Waals surface area contributed by atoms with Crippen LogP contribution in [0, 0.1) is 12.7 Å². The highest BCUT2D eigenvalue weighted by atomic mass is 32.2. The van der Waals surface area contributed by atoms with Crippen LogP contribution in [-0.4, -0.2) is 21.4 Å². The average Bonchev–Trinajstić information content (AvgIpc) is 3.31. The van der Waals surface area contributed by atoms with Gasteiger partial charge in [0.25, 0.3) is 5.89 Å². The maximum atomic E-state index is 13.7. The molecule has 0 amide bonds. The number of hydrogen-bond acceptors (Lipinski definition) is 6. The standard InChI is InChI=1S/C20H17FN2O3S/c1-11-7-8-14(9-15(11)21)18-22-19(26-23-18)12(2)25-20(24)17-10-13-5-3-4-6-16(13)27-17/h3-9,12,17H,10H2,1-2H3. The monoisotopic (exact) mass is 384 g/mol. The summed E-state index contributed by atoms with van der Waals surface area (Å²) in [6.45, 7) is 3.36. The molecule has 0 saturated heterocycles. The van der Waals surface area contributed by atoms with E-state index in [-0.39, 0.29) is 28.8 Å². The SMILES string of the molecule is Cc1ccc(-c2noc(C(C)OC(=O)C3Cc4ccccc4S3)n2)cc1F. The van der Waals surface area contributed by atoms with Gasteiger partial charge in [0, 0.05) is 10.5 Å². The highest BCUT2D eigenvalue weighted by Gasteiger charge is 2.31. The molecule has 2 unspecified atom stereocenters. The number of benzene rings is 2. The molecule has 0 fully saturated rings. The molecule has 1 aromatic heterocycles. The van der Waals surface area contributed by atoms with Crippen LogP contribution >= 0.6 is 11.8 Å². The summed E-state index contributed by atoms with van der Waals surface area (Å²) in [5.41, 5.74) is 2.20. The number of esters is 1. The third-order valence-electron chi connectivity index (χ3n) is 4.42. The molecule has 27 heavy (non-hydrogen) atoms. The molecule has 0 saturated carbocycles. The third kappa shape index (κ3) is 3.60. The third-order valence-corrected chi connectivity index (χ3v) is 5.72. The molecule has 2 heterocycles. The van der Waals surface area contributed by atoms with Crippen LogP contribution in [0.4, 0.5) is 4.39 Å². The predicted octanol–water partition coefficient (Wildman–Crippen LogP) is 4.51. The van der Waals surface area contributed by atoms with E-state index in [1.807, 2.05) is 24.3 Å². The largest absolute Gasteiger partial charge is 0.452 e. The summed E-state index contributed by atoms with van der Waals surface area (Å²) < 4.78 is 24.5. The first-order valence-electron chi connectivity index (χ1n) is 8.56. The number of halogens is 1. The quantitative estimate of drug-likeness (QED) is 0.617. The van der Waals surface area contributed by atoms with Crippen molar-refractivity contribution in [1.82, 2.24) is 10.1 Å². The van der Waals surface area contributed by atoms with Crippen LogP contribution in [0.1, 0.15) is 30.0 Å². The molecule has 1 aliphatic heterocycles. The van der Waals surface area contributed by atoms with E-state index in [2.05, 4.69) is 10.1 Å². The fourth-order valence-electron chi connectivity index (χ4n) is 2.86. The molecule has 2 aromatic carbocycles. The first-order valence-corrected chi connectivity index (χ1v) is 9.44. The second-order valence-electron chi connectivity index (χ2n) is 6.42. The van der Waals surface area contributed by atoms with Gasteiger partial charge in [-0.05, 0) is 43.5 Å². The number of nitrogens with zero attached hydrogens (tertiary/aromatic N) is 2. The van der Waals surface area contributed by atoms with Gasteiger partial charge in [-0.15, -0.1) is 11.8 Å². The summed E-state index contributed by atoms with van der Waals surface area (Å²) in [5.74, 6) is -0.213. The minimum absolute atomic E-state index is 0.180. The molecule has 5 nitrogen and oxygen atoms in total. The van der Waals surface area contributed by atoms with Crippen molar-refractivity contribution in [2.24, 2.45) is 0 Å². The van der Waals surface area contributed by atoms with Crippen LogP contribution < -0.4 is 0 Å². The Balaban J connectivity index is 1.43. The number of thioether (sulfide) groups is 1. The highest BCUT2D eigenvalue weighted by molar-refractivity contribution is 8.01. The number of carbonyl (C=O) groups is 1. The minimum Gasteiger partial charge on any atom is -0.452 e. The number of hydrogen-bond donors (Lipinski definition) is 0. The minimum atomic E-state index is -0.682. The lowest BCUT2D eigenvalue weighted by molar-refractivity contribution is -0.149. The zero-order valence-electron chi connectivity index (χ0n) is 14.8. The molecule has 0 bridgehead atoms. The van der Waals surface area contributed by atoms with Crippen molar-refractivity contribution < 1.29 is 18.4 Å². The summed E-state index contributed by atoms with van der Waals surface area (Å²) in [6.07, 6.45) is -0.0391. The van der Waals surface area contributed by atoms with Crippen LogP contribution in [0.5, 0.6) is 0 Å². The first kappa shape index (κ1) is 17.7. The molecule has 1 aliphatic rings. The van der Waals surface area contributed by atoms with Crippen molar-refractivity contribution in [3.63, 3.8) is 0 Å². The van der Waals surface area contributed by atoms with E-state index >= 15 is 0 Å². The Morgan fingerprint density at radius 3 is 2.93 bits per heavy atom. The molecule has 0 N–H and O–H groups in total. The Labute approximate surface area is 159 Å². The number of fused-ring (bicyclic) bond motifs is 1.